The zero-order valence-electron chi connectivity index (χ0n) is 11.9. The van der Waals surface area contributed by atoms with Crippen LogP contribution in [0.5, 0.6) is 5.75 Å². The smallest absolute Gasteiger partial charge is 0.296 e. The van der Waals surface area contributed by atoms with Crippen LogP contribution in [0.3, 0.4) is 0 Å². The summed E-state index contributed by atoms with van der Waals surface area (Å²) in [5.74, 6) is -0.185. The lowest BCUT2D eigenvalue weighted by Gasteiger charge is -2.26. The SMILES string of the molecule is COc1ccc([C@H]2[C@@H](Br)C(=O)C(=O)N2c2ccccc2)cc1. The number of carbonyl (C=O) groups is 2. The van der Waals surface area contributed by atoms with Gasteiger partial charge in [0.15, 0.2) is 0 Å². The molecule has 0 unspecified atom stereocenters. The number of benzene rings is 2. The van der Waals surface area contributed by atoms with Gasteiger partial charge in [-0.15, -0.1) is 0 Å². The van der Waals surface area contributed by atoms with E-state index in [0.29, 0.717) is 5.69 Å². The molecule has 1 heterocycles. The van der Waals surface area contributed by atoms with Crippen LogP contribution in [0.15, 0.2) is 54.6 Å². The summed E-state index contributed by atoms with van der Waals surface area (Å²) in [6.45, 7) is 0. The fourth-order valence-electron chi connectivity index (χ4n) is 2.62. The van der Waals surface area contributed by atoms with E-state index in [0.717, 1.165) is 11.3 Å². The van der Waals surface area contributed by atoms with Crippen molar-refractivity contribution in [3.8, 4) is 5.75 Å². The largest absolute Gasteiger partial charge is 0.497 e. The predicted molar refractivity (Wildman–Crippen MR) is 87.4 cm³/mol. The van der Waals surface area contributed by atoms with Crippen LogP contribution < -0.4 is 9.64 Å². The van der Waals surface area contributed by atoms with Crippen molar-refractivity contribution < 1.29 is 14.3 Å². The number of hydrogen-bond acceptors (Lipinski definition) is 3. The lowest BCUT2D eigenvalue weighted by atomic mass is 10.0. The number of hydrogen-bond donors (Lipinski definition) is 0. The summed E-state index contributed by atoms with van der Waals surface area (Å²) in [4.78, 5) is 25.5. The molecular weight excluding hydrogens is 346 g/mol. The van der Waals surface area contributed by atoms with Crippen molar-refractivity contribution in [1.82, 2.24) is 0 Å². The average Bonchev–Trinajstić information content (AvgIpc) is 2.80. The topological polar surface area (TPSA) is 46.6 Å². The number of rotatable bonds is 3. The van der Waals surface area contributed by atoms with Crippen molar-refractivity contribution in [2.75, 3.05) is 12.0 Å². The van der Waals surface area contributed by atoms with Crippen molar-refractivity contribution in [3.05, 3.63) is 60.2 Å². The summed E-state index contributed by atoms with van der Waals surface area (Å²) in [7, 11) is 1.60. The molecule has 112 valence electrons. The Morgan fingerprint density at radius 2 is 1.64 bits per heavy atom. The van der Waals surface area contributed by atoms with Gasteiger partial charge in [0.1, 0.15) is 10.6 Å². The first-order valence-electron chi connectivity index (χ1n) is 6.84. The van der Waals surface area contributed by atoms with Gasteiger partial charge in [0.2, 0.25) is 5.78 Å². The van der Waals surface area contributed by atoms with Crippen molar-refractivity contribution in [2.24, 2.45) is 0 Å². The maximum atomic E-state index is 12.3. The van der Waals surface area contributed by atoms with Crippen molar-refractivity contribution in [2.45, 2.75) is 10.9 Å². The number of ether oxygens (including phenoxy) is 1. The minimum Gasteiger partial charge on any atom is -0.497 e. The van der Waals surface area contributed by atoms with Crippen LogP contribution in [0.4, 0.5) is 5.69 Å². The van der Waals surface area contributed by atoms with Crippen LogP contribution >= 0.6 is 15.9 Å². The molecular formula is C17H14BrNO3. The molecule has 1 fully saturated rings. The molecule has 1 aliphatic rings. The molecule has 0 saturated carbocycles. The third kappa shape index (κ3) is 2.41. The first kappa shape index (κ1) is 14.8. The number of nitrogens with zero attached hydrogens (tertiary/aromatic N) is 1. The van der Waals surface area contributed by atoms with Gasteiger partial charge < -0.3 is 4.74 Å². The van der Waals surface area contributed by atoms with Gasteiger partial charge >= 0.3 is 0 Å². The third-order valence-electron chi connectivity index (χ3n) is 3.73. The van der Waals surface area contributed by atoms with Crippen LogP contribution in [-0.4, -0.2) is 23.6 Å². The van der Waals surface area contributed by atoms with Gasteiger partial charge in [0.05, 0.1) is 13.2 Å². The Morgan fingerprint density at radius 3 is 2.23 bits per heavy atom. The molecule has 0 aromatic heterocycles. The summed E-state index contributed by atoms with van der Waals surface area (Å²) in [5.41, 5.74) is 1.59. The third-order valence-corrected chi connectivity index (χ3v) is 4.64. The number of anilines is 1. The van der Waals surface area contributed by atoms with Crippen LogP contribution in [0.2, 0.25) is 0 Å². The molecule has 0 spiro atoms. The quantitative estimate of drug-likeness (QED) is 0.624. The van der Waals surface area contributed by atoms with E-state index in [9.17, 15) is 9.59 Å². The first-order valence-corrected chi connectivity index (χ1v) is 7.75. The lowest BCUT2D eigenvalue weighted by molar-refractivity contribution is -0.133. The van der Waals surface area contributed by atoms with Gasteiger partial charge in [-0.2, -0.15) is 0 Å². The lowest BCUT2D eigenvalue weighted by Crippen LogP contribution is -2.29. The Hall–Kier alpha value is -2.14. The monoisotopic (exact) mass is 359 g/mol. The van der Waals surface area contributed by atoms with Crippen LogP contribution in [0.1, 0.15) is 11.6 Å². The molecule has 1 saturated heterocycles. The summed E-state index contributed by atoms with van der Waals surface area (Å²) >= 11 is 3.38. The summed E-state index contributed by atoms with van der Waals surface area (Å²) < 4.78 is 5.15. The van der Waals surface area contributed by atoms with E-state index in [2.05, 4.69) is 15.9 Å². The van der Waals surface area contributed by atoms with E-state index in [4.69, 9.17) is 4.74 Å². The number of alkyl halides is 1. The molecule has 22 heavy (non-hydrogen) atoms. The zero-order valence-corrected chi connectivity index (χ0v) is 13.5. The Labute approximate surface area is 136 Å². The van der Waals surface area contributed by atoms with Gasteiger partial charge in [-0.3, -0.25) is 14.5 Å². The van der Waals surface area contributed by atoms with E-state index >= 15 is 0 Å². The van der Waals surface area contributed by atoms with E-state index in [1.165, 1.54) is 0 Å². The molecule has 2 atom stereocenters. The van der Waals surface area contributed by atoms with E-state index in [-0.39, 0.29) is 6.04 Å². The second-order valence-corrected chi connectivity index (χ2v) is 5.98. The van der Waals surface area contributed by atoms with E-state index in [1.807, 2.05) is 54.6 Å². The second kappa shape index (κ2) is 5.93. The van der Waals surface area contributed by atoms with Crippen molar-refractivity contribution in [3.63, 3.8) is 0 Å². The number of amides is 1. The van der Waals surface area contributed by atoms with Crippen molar-refractivity contribution in [1.29, 1.82) is 0 Å². The van der Waals surface area contributed by atoms with Crippen LogP contribution in [-0.2, 0) is 9.59 Å². The van der Waals surface area contributed by atoms with Crippen LogP contribution in [0, 0.1) is 0 Å². The maximum Gasteiger partial charge on any atom is 0.296 e. The van der Waals surface area contributed by atoms with Crippen molar-refractivity contribution >= 4 is 33.3 Å². The number of halogens is 1. The predicted octanol–water partition coefficient (Wildman–Crippen LogP) is 3.12. The highest BCUT2D eigenvalue weighted by Gasteiger charge is 2.47. The first-order chi connectivity index (χ1) is 10.6. The number of Topliss-reactive ketones (excluding diaryl/α,β-unsaturated/α-hetero) is 1. The highest BCUT2D eigenvalue weighted by molar-refractivity contribution is 9.10. The number of methoxy groups -OCH3 is 1. The summed E-state index contributed by atoms with van der Waals surface area (Å²) in [6, 6.07) is 16.3. The standard InChI is InChI=1S/C17H14BrNO3/c1-22-13-9-7-11(8-10-13)15-14(18)16(20)17(21)19(15)12-5-3-2-4-6-12/h2-10,14-15H,1H3/t14-,15+/m1/s1. The molecule has 2 aromatic rings. The highest BCUT2D eigenvalue weighted by atomic mass is 79.9. The molecule has 0 aliphatic carbocycles. The second-order valence-electron chi connectivity index (χ2n) is 4.99. The Morgan fingerprint density at radius 1 is 1.00 bits per heavy atom. The highest BCUT2D eigenvalue weighted by Crippen LogP contribution is 2.39. The number of carbonyl (C=O) groups excluding carboxylic acids is 2. The Balaban J connectivity index is 2.05. The van der Waals surface area contributed by atoms with E-state index < -0.39 is 16.5 Å². The molecule has 0 bridgehead atoms. The minimum atomic E-state index is -0.561. The molecule has 5 heteroatoms. The van der Waals surface area contributed by atoms with Gasteiger partial charge in [-0.05, 0) is 29.8 Å². The van der Waals surface area contributed by atoms with Gasteiger partial charge in [-0.1, -0.05) is 46.3 Å². The Bertz CT molecular complexity index is 700. The summed E-state index contributed by atoms with van der Waals surface area (Å²) in [5, 5.41) is 0. The van der Waals surface area contributed by atoms with Gasteiger partial charge in [-0.25, -0.2) is 0 Å². The maximum absolute atomic E-state index is 12.3. The molecule has 3 rings (SSSR count). The number of ketones is 1. The Kier molecular flexibility index (Phi) is 3.98. The number of para-hydroxylation sites is 1. The molecule has 1 amide bonds. The zero-order chi connectivity index (χ0) is 15.7. The fourth-order valence-corrected chi connectivity index (χ4v) is 3.36. The molecule has 0 N–H and O–H groups in total. The molecule has 4 nitrogen and oxygen atoms in total. The average molecular weight is 360 g/mol. The van der Waals surface area contributed by atoms with Gasteiger partial charge in [0, 0.05) is 5.69 Å². The summed E-state index contributed by atoms with van der Waals surface area (Å²) in [6.07, 6.45) is 0. The molecule has 1 aliphatic heterocycles. The molecule has 0 radical (unpaired) electrons. The van der Waals surface area contributed by atoms with Gasteiger partial charge in [0.25, 0.3) is 5.91 Å². The minimum absolute atomic E-state index is 0.367. The molecule has 2 aromatic carbocycles. The normalized spacial score (nSPS) is 21.3. The van der Waals surface area contributed by atoms with Crippen LogP contribution in [0.25, 0.3) is 0 Å². The van der Waals surface area contributed by atoms with E-state index in [1.54, 1.807) is 12.0 Å². The fraction of sp³-hybridized carbons (Fsp3) is 0.176.